The molecule has 2 aromatic heterocycles. The molecule has 3 aromatic rings. The zero-order chi connectivity index (χ0) is 17.4. The number of nitrogens with zero attached hydrogens (tertiary/aromatic N) is 4. The van der Waals surface area contributed by atoms with Crippen LogP contribution in [-0.4, -0.2) is 27.0 Å². The van der Waals surface area contributed by atoms with Crippen LogP contribution in [0, 0.1) is 5.82 Å². The molecule has 1 fully saturated rings. The third-order valence-corrected chi connectivity index (χ3v) is 4.62. The topological polar surface area (TPSA) is 60.8 Å². The summed E-state index contributed by atoms with van der Waals surface area (Å²) in [5.74, 6) is 1.39. The molecular formula is C18H14ClFN4O. The quantitative estimate of drug-likeness (QED) is 0.707. The second-order valence-electron chi connectivity index (χ2n) is 5.87. The molecule has 4 rings (SSSR count). The molecule has 1 saturated carbocycles. The van der Waals surface area contributed by atoms with Crippen molar-refractivity contribution in [2.45, 2.75) is 18.3 Å². The Morgan fingerprint density at radius 3 is 2.40 bits per heavy atom. The molecule has 0 unspecified atom stereocenters. The molecule has 2 atom stereocenters. The monoisotopic (exact) mass is 356 g/mol. The number of ether oxygens (including phenoxy) is 1. The first-order chi connectivity index (χ1) is 12.2. The standard InChI is InChI=1S/C18H14ClFN4O/c1-25-16-6-13(15(20)7-14(16)19)12-5-11(12)10-8-23-18(24-9-10)17-21-3-2-4-22-17/h2-4,6-9,11-12H,5H2,1H3/t11-,12-/m0/s1. The molecule has 0 amide bonds. The van der Waals surface area contributed by atoms with Crippen LogP contribution in [0.25, 0.3) is 11.6 Å². The first-order valence-electron chi connectivity index (χ1n) is 7.79. The molecule has 0 aliphatic heterocycles. The summed E-state index contributed by atoms with van der Waals surface area (Å²) in [5.41, 5.74) is 1.58. The van der Waals surface area contributed by atoms with Crippen LogP contribution in [0.5, 0.6) is 5.75 Å². The van der Waals surface area contributed by atoms with Crippen molar-refractivity contribution < 1.29 is 9.13 Å². The normalized spacial score (nSPS) is 18.8. The average molecular weight is 357 g/mol. The fourth-order valence-corrected chi connectivity index (χ4v) is 3.18. The molecule has 0 spiro atoms. The second kappa shape index (κ2) is 6.37. The van der Waals surface area contributed by atoms with Gasteiger partial charge < -0.3 is 4.74 Å². The second-order valence-corrected chi connectivity index (χ2v) is 6.28. The van der Waals surface area contributed by atoms with Crippen LogP contribution in [0.3, 0.4) is 0 Å². The Kier molecular flexibility index (Phi) is 4.05. The molecule has 25 heavy (non-hydrogen) atoms. The van der Waals surface area contributed by atoms with Crippen LogP contribution in [0.1, 0.15) is 29.4 Å². The Balaban J connectivity index is 1.56. The summed E-state index contributed by atoms with van der Waals surface area (Å²) in [6, 6.07) is 4.72. The number of halogens is 2. The van der Waals surface area contributed by atoms with E-state index < -0.39 is 0 Å². The number of benzene rings is 1. The van der Waals surface area contributed by atoms with E-state index in [9.17, 15) is 4.39 Å². The lowest BCUT2D eigenvalue weighted by molar-refractivity contribution is 0.413. The van der Waals surface area contributed by atoms with Gasteiger partial charge in [-0.2, -0.15) is 0 Å². The van der Waals surface area contributed by atoms with Gasteiger partial charge in [-0.25, -0.2) is 24.3 Å². The summed E-state index contributed by atoms with van der Waals surface area (Å²) in [6.07, 6.45) is 7.65. The maximum Gasteiger partial charge on any atom is 0.197 e. The van der Waals surface area contributed by atoms with Crippen molar-refractivity contribution in [2.24, 2.45) is 0 Å². The van der Waals surface area contributed by atoms with E-state index in [0.29, 0.717) is 23.0 Å². The van der Waals surface area contributed by atoms with Gasteiger partial charge in [0.2, 0.25) is 0 Å². The van der Waals surface area contributed by atoms with Crippen LogP contribution in [0.15, 0.2) is 43.0 Å². The SMILES string of the molecule is COc1cc([C@H]2C[C@H]2c2cnc(-c3ncccn3)nc2)c(F)cc1Cl. The zero-order valence-electron chi connectivity index (χ0n) is 13.4. The van der Waals surface area contributed by atoms with Crippen LogP contribution >= 0.6 is 11.6 Å². The predicted molar refractivity (Wildman–Crippen MR) is 91.1 cm³/mol. The predicted octanol–water partition coefficient (Wildman–Crippen LogP) is 4.01. The van der Waals surface area contributed by atoms with Gasteiger partial charge in [0.15, 0.2) is 11.6 Å². The fourth-order valence-electron chi connectivity index (χ4n) is 2.95. The van der Waals surface area contributed by atoms with Crippen molar-refractivity contribution in [2.75, 3.05) is 7.11 Å². The van der Waals surface area contributed by atoms with Gasteiger partial charge in [0.1, 0.15) is 11.6 Å². The first kappa shape index (κ1) is 15.9. The van der Waals surface area contributed by atoms with E-state index in [4.69, 9.17) is 16.3 Å². The molecular weight excluding hydrogens is 343 g/mol. The fraction of sp³-hybridized carbons (Fsp3) is 0.222. The van der Waals surface area contributed by atoms with Crippen LogP contribution in [0.4, 0.5) is 4.39 Å². The van der Waals surface area contributed by atoms with E-state index in [1.165, 1.54) is 13.2 Å². The third kappa shape index (κ3) is 3.05. The van der Waals surface area contributed by atoms with Crippen LogP contribution < -0.4 is 4.74 Å². The molecule has 126 valence electrons. The third-order valence-electron chi connectivity index (χ3n) is 4.33. The Labute approximate surface area is 148 Å². The van der Waals surface area contributed by atoms with Crippen molar-refractivity contribution in [1.82, 2.24) is 19.9 Å². The minimum atomic E-state index is -0.312. The molecule has 0 N–H and O–H groups in total. The van der Waals surface area contributed by atoms with Crippen molar-refractivity contribution in [3.8, 4) is 17.4 Å². The van der Waals surface area contributed by atoms with Gasteiger partial charge in [0.05, 0.1) is 12.1 Å². The van der Waals surface area contributed by atoms with E-state index in [2.05, 4.69) is 19.9 Å². The lowest BCUT2D eigenvalue weighted by atomic mass is 10.1. The molecule has 1 aliphatic rings. The smallest absolute Gasteiger partial charge is 0.197 e. The minimum absolute atomic E-state index is 0.0774. The minimum Gasteiger partial charge on any atom is -0.495 e. The average Bonchev–Trinajstić information content (AvgIpc) is 3.43. The number of aromatic nitrogens is 4. The summed E-state index contributed by atoms with van der Waals surface area (Å²) in [5, 5.41) is 0.275. The summed E-state index contributed by atoms with van der Waals surface area (Å²) in [7, 11) is 1.52. The molecule has 7 heteroatoms. The van der Waals surface area contributed by atoms with Crippen molar-refractivity contribution in [3.05, 3.63) is 65.0 Å². The van der Waals surface area contributed by atoms with E-state index in [1.54, 1.807) is 36.9 Å². The van der Waals surface area contributed by atoms with Gasteiger partial charge in [-0.05, 0) is 47.6 Å². The highest BCUT2D eigenvalue weighted by atomic mass is 35.5. The van der Waals surface area contributed by atoms with Gasteiger partial charge >= 0.3 is 0 Å². The Morgan fingerprint density at radius 2 is 1.72 bits per heavy atom. The lowest BCUT2D eigenvalue weighted by Crippen LogP contribution is -1.96. The highest BCUT2D eigenvalue weighted by molar-refractivity contribution is 6.32. The van der Waals surface area contributed by atoms with Crippen LogP contribution in [-0.2, 0) is 0 Å². The molecule has 0 radical (unpaired) electrons. The Bertz CT molecular complexity index is 905. The zero-order valence-corrected chi connectivity index (χ0v) is 14.1. The molecule has 5 nitrogen and oxygen atoms in total. The van der Waals surface area contributed by atoms with Gasteiger partial charge in [0, 0.05) is 24.8 Å². The van der Waals surface area contributed by atoms with Crippen LogP contribution in [0.2, 0.25) is 5.02 Å². The number of hydrogen-bond acceptors (Lipinski definition) is 5. The summed E-state index contributed by atoms with van der Waals surface area (Å²) in [4.78, 5) is 16.9. The van der Waals surface area contributed by atoms with E-state index in [0.717, 1.165) is 12.0 Å². The molecule has 1 aliphatic carbocycles. The molecule has 0 bridgehead atoms. The van der Waals surface area contributed by atoms with Crippen molar-refractivity contribution in [3.63, 3.8) is 0 Å². The summed E-state index contributed by atoms with van der Waals surface area (Å²) >= 11 is 5.96. The van der Waals surface area contributed by atoms with Gasteiger partial charge in [-0.1, -0.05) is 11.6 Å². The maximum atomic E-state index is 14.2. The van der Waals surface area contributed by atoms with E-state index in [-0.39, 0.29) is 22.7 Å². The largest absolute Gasteiger partial charge is 0.495 e. The molecule has 0 saturated heterocycles. The Hall–Kier alpha value is -2.60. The number of methoxy groups -OCH3 is 1. The van der Waals surface area contributed by atoms with E-state index >= 15 is 0 Å². The van der Waals surface area contributed by atoms with Gasteiger partial charge in [-0.3, -0.25) is 0 Å². The number of rotatable bonds is 4. The molecule has 1 aromatic carbocycles. The van der Waals surface area contributed by atoms with Gasteiger partial charge in [0.25, 0.3) is 0 Å². The van der Waals surface area contributed by atoms with E-state index in [1.807, 2.05) is 0 Å². The maximum absolute atomic E-state index is 14.2. The molecule has 2 heterocycles. The van der Waals surface area contributed by atoms with Gasteiger partial charge in [-0.15, -0.1) is 0 Å². The highest BCUT2D eigenvalue weighted by Gasteiger charge is 2.42. The summed E-state index contributed by atoms with van der Waals surface area (Å²) < 4.78 is 19.4. The highest BCUT2D eigenvalue weighted by Crippen LogP contribution is 2.55. The Morgan fingerprint density at radius 1 is 1.04 bits per heavy atom. The van der Waals surface area contributed by atoms with Crippen molar-refractivity contribution in [1.29, 1.82) is 0 Å². The first-order valence-corrected chi connectivity index (χ1v) is 8.17. The summed E-state index contributed by atoms with van der Waals surface area (Å²) in [6.45, 7) is 0. The van der Waals surface area contributed by atoms with Crippen molar-refractivity contribution >= 4 is 11.6 Å². The lowest BCUT2D eigenvalue weighted by Gasteiger charge is -2.08. The number of hydrogen-bond donors (Lipinski definition) is 0.